The van der Waals surface area contributed by atoms with Gasteiger partial charge in [0, 0.05) is 31.9 Å². The van der Waals surface area contributed by atoms with Crippen molar-refractivity contribution in [3.8, 4) is 11.4 Å². The molecule has 12 nitrogen and oxygen atoms in total. The lowest BCUT2D eigenvalue weighted by molar-refractivity contribution is -0.151. The summed E-state index contributed by atoms with van der Waals surface area (Å²) in [4.78, 5) is 43.8. The van der Waals surface area contributed by atoms with Crippen molar-refractivity contribution in [2.75, 3.05) is 33.4 Å². The molecule has 194 valence electrons. The van der Waals surface area contributed by atoms with Gasteiger partial charge in [0.15, 0.2) is 6.10 Å². The quantitative estimate of drug-likeness (QED) is 0.499. The monoisotopic (exact) mass is 500 g/mol. The predicted octanol–water partition coefficient (Wildman–Crippen LogP) is 2.12. The summed E-state index contributed by atoms with van der Waals surface area (Å²) in [5.41, 5.74) is 2.27. The maximum absolute atomic E-state index is 13.5. The summed E-state index contributed by atoms with van der Waals surface area (Å²) in [6.07, 6.45) is 1.73. The molecule has 3 amide bonds. The third-order valence-corrected chi connectivity index (χ3v) is 6.38. The molecule has 2 N–H and O–H groups in total. The van der Waals surface area contributed by atoms with Crippen LogP contribution in [0.5, 0.6) is 0 Å². The number of amides is 3. The lowest BCUT2D eigenvalue weighted by atomic mass is 10.1. The topological polar surface area (TPSA) is 139 Å². The molecule has 12 heteroatoms. The fraction of sp³-hybridized carbons (Fsp3) is 0.542. The molecule has 2 fully saturated rings. The second kappa shape index (κ2) is 11.4. The fourth-order valence-electron chi connectivity index (χ4n) is 4.34. The number of alkyl carbamates (subject to hydrolysis) is 1. The lowest BCUT2D eigenvalue weighted by Gasteiger charge is -2.36. The van der Waals surface area contributed by atoms with Crippen molar-refractivity contribution in [3.63, 3.8) is 0 Å². The van der Waals surface area contributed by atoms with Crippen molar-refractivity contribution >= 4 is 18.1 Å². The van der Waals surface area contributed by atoms with Gasteiger partial charge in [-0.25, -0.2) is 9.59 Å². The van der Waals surface area contributed by atoms with Crippen LogP contribution in [0.4, 0.5) is 9.59 Å². The maximum Gasteiger partial charge on any atom is 0.407 e. The first-order chi connectivity index (χ1) is 17.4. The predicted molar refractivity (Wildman–Crippen MR) is 128 cm³/mol. The molecule has 4 rings (SSSR count). The molecule has 0 bridgehead atoms. The Kier molecular flexibility index (Phi) is 8.04. The molecule has 1 saturated carbocycles. The molecule has 0 radical (unpaired) electrons. The highest BCUT2D eigenvalue weighted by Gasteiger charge is 2.42. The van der Waals surface area contributed by atoms with Crippen molar-refractivity contribution in [2.45, 2.75) is 50.9 Å². The number of ether oxygens (including phenoxy) is 2. The summed E-state index contributed by atoms with van der Waals surface area (Å²) >= 11 is 0. The number of hydrogen-bond donors (Lipinski definition) is 2. The van der Waals surface area contributed by atoms with E-state index >= 15 is 0 Å². The average Bonchev–Trinajstić information content (AvgIpc) is 3.64. The van der Waals surface area contributed by atoms with Crippen molar-refractivity contribution in [3.05, 3.63) is 36.2 Å². The SMILES string of the molecule is COC(=O)NCCCn1nc([C@H](C)N(C(=O)[C@H]2CN(C(=O)O)CCO2)C2CC2)cc1-c1ccccn1. The number of aromatic nitrogens is 3. The first-order valence-corrected chi connectivity index (χ1v) is 12.1. The third-order valence-electron chi connectivity index (χ3n) is 6.38. The standard InChI is InChI=1S/C24H32N6O6/c1-16(30(17-7-8-17)22(31)21-15-28(24(33)34)12-13-36-21)19-14-20(18-6-3-4-9-25-18)29(27-19)11-5-10-26-23(32)35-2/h3-4,6,9,14,16-17,21H,5,7-8,10-13,15H2,1-2H3,(H,26,32)(H,33,34)/t16-,21+/m0/s1. The van der Waals surface area contributed by atoms with Crippen molar-refractivity contribution in [1.29, 1.82) is 0 Å². The van der Waals surface area contributed by atoms with E-state index in [0.29, 0.717) is 25.2 Å². The molecule has 2 aromatic rings. The zero-order chi connectivity index (χ0) is 25.7. The first kappa shape index (κ1) is 25.4. The van der Waals surface area contributed by atoms with Crippen LogP contribution in [-0.2, 0) is 20.8 Å². The normalized spacial score (nSPS) is 18.4. The van der Waals surface area contributed by atoms with Crippen LogP contribution in [0.15, 0.2) is 30.5 Å². The minimum atomic E-state index is -1.05. The van der Waals surface area contributed by atoms with Gasteiger partial charge in [0.1, 0.15) is 0 Å². The van der Waals surface area contributed by atoms with Gasteiger partial charge < -0.3 is 29.7 Å². The van der Waals surface area contributed by atoms with Gasteiger partial charge in [0.25, 0.3) is 5.91 Å². The molecule has 3 heterocycles. The summed E-state index contributed by atoms with van der Waals surface area (Å²) in [6.45, 7) is 3.34. The van der Waals surface area contributed by atoms with Gasteiger partial charge in [-0.15, -0.1) is 0 Å². The van der Waals surface area contributed by atoms with Gasteiger partial charge in [-0.2, -0.15) is 5.10 Å². The first-order valence-electron chi connectivity index (χ1n) is 12.1. The van der Waals surface area contributed by atoms with E-state index in [1.807, 2.05) is 35.9 Å². The van der Waals surface area contributed by atoms with Gasteiger partial charge >= 0.3 is 12.2 Å². The van der Waals surface area contributed by atoms with E-state index in [-0.39, 0.29) is 37.7 Å². The van der Waals surface area contributed by atoms with Gasteiger partial charge in [0.05, 0.1) is 43.4 Å². The number of hydrogen-bond acceptors (Lipinski definition) is 7. The number of nitrogens with zero attached hydrogens (tertiary/aromatic N) is 5. The number of aryl methyl sites for hydroxylation is 1. The molecule has 2 aliphatic rings. The lowest BCUT2D eigenvalue weighted by Crippen LogP contribution is -2.53. The Hall–Kier alpha value is -3.67. The van der Waals surface area contributed by atoms with E-state index in [1.54, 1.807) is 11.1 Å². The Morgan fingerprint density at radius 2 is 2.14 bits per heavy atom. The van der Waals surface area contributed by atoms with Crippen LogP contribution >= 0.6 is 0 Å². The molecule has 36 heavy (non-hydrogen) atoms. The molecule has 0 aromatic carbocycles. The fourth-order valence-corrected chi connectivity index (χ4v) is 4.34. The highest BCUT2D eigenvalue weighted by Crippen LogP contribution is 2.36. The van der Waals surface area contributed by atoms with Gasteiger partial charge in [-0.1, -0.05) is 6.07 Å². The summed E-state index contributed by atoms with van der Waals surface area (Å²) in [7, 11) is 1.32. The number of pyridine rings is 1. The summed E-state index contributed by atoms with van der Waals surface area (Å²) in [6, 6.07) is 7.31. The molecule has 2 aromatic heterocycles. The van der Waals surface area contributed by atoms with Crippen molar-refractivity contribution in [1.82, 2.24) is 29.9 Å². The van der Waals surface area contributed by atoms with Crippen LogP contribution in [0.2, 0.25) is 0 Å². The summed E-state index contributed by atoms with van der Waals surface area (Å²) in [5.74, 6) is -0.216. The number of carbonyl (C=O) groups is 3. The van der Waals surface area contributed by atoms with E-state index in [9.17, 15) is 19.5 Å². The number of rotatable bonds is 9. The molecular weight excluding hydrogens is 468 g/mol. The van der Waals surface area contributed by atoms with Crippen LogP contribution in [0, 0.1) is 0 Å². The number of methoxy groups -OCH3 is 1. The van der Waals surface area contributed by atoms with Crippen LogP contribution in [0.3, 0.4) is 0 Å². The molecule has 0 unspecified atom stereocenters. The van der Waals surface area contributed by atoms with E-state index in [4.69, 9.17) is 9.84 Å². The molecule has 1 aliphatic heterocycles. The van der Waals surface area contributed by atoms with Gasteiger partial charge in [-0.3, -0.25) is 14.5 Å². The van der Waals surface area contributed by atoms with Crippen LogP contribution < -0.4 is 5.32 Å². The molecule has 1 saturated heterocycles. The van der Waals surface area contributed by atoms with Gasteiger partial charge in [0.2, 0.25) is 0 Å². The van der Waals surface area contributed by atoms with E-state index in [0.717, 1.165) is 24.2 Å². The second-order valence-electron chi connectivity index (χ2n) is 8.91. The smallest absolute Gasteiger partial charge is 0.407 e. The Balaban J connectivity index is 1.54. The number of nitrogens with one attached hydrogen (secondary N) is 1. The third kappa shape index (κ3) is 5.93. The van der Waals surface area contributed by atoms with Crippen molar-refractivity contribution in [2.24, 2.45) is 0 Å². The minimum absolute atomic E-state index is 0.0188. The highest BCUT2D eigenvalue weighted by atomic mass is 16.5. The van der Waals surface area contributed by atoms with E-state index < -0.39 is 18.3 Å². The highest BCUT2D eigenvalue weighted by molar-refractivity contribution is 5.83. The molecule has 1 aliphatic carbocycles. The Labute approximate surface area is 209 Å². The Morgan fingerprint density at radius 3 is 2.81 bits per heavy atom. The van der Waals surface area contributed by atoms with Gasteiger partial charge in [-0.05, 0) is 44.4 Å². The summed E-state index contributed by atoms with van der Waals surface area (Å²) < 4.78 is 12.1. The van der Waals surface area contributed by atoms with Crippen molar-refractivity contribution < 1.29 is 29.0 Å². The average molecular weight is 501 g/mol. The summed E-state index contributed by atoms with van der Waals surface area (Å²) in [5, 5.41) is 16.8. The molecule has 2 atom stereocenters. The minimum Gasteiger partial charge on any atom is -0.465 e. The van der Waals surface area contributed by atoms with Crippen LogP contribution in [0.1, 0.15) is 37.9 Å². The molecule has 0 spiro atoms. The zero-order valence-electron chi connectivity index (χ0n) is 20.5. The Bertz CT molecular complexity index is 1070. The van der Waals surface area contributed by atoms with E-state index in [2.05, 4.69) is 15.0 Å². The number of morpholine rings is 1. The zero-order valence-corrected chi connectivity index (χ0v) is 20.5. The van der Waals surface area contributed by atoms with E-state index in [1.165, 1.54) is 12.0 Å². The number of carbonyl (C=O) groups excluding carboxylic acids is 2. The van der Waals surface area contributed by atoms with Crippen LogP contribution in [-0.4, -0.2) is 93.3 Å². The Morgan fingerprint density at radius 1 is 1.33 bits per heavy atom. The molecular formula is C24H32N6O6. The maximum atomic E-state index is 13.5. The largest absolute Gasteiger partial charge is 0.465 e. The van der Waals surface area contributed by atoms with Crippen LogP contribution in [0.25, 0.3) is 11.4 Å². The second-order valence-corrected chi connectivity index (χ2v) is 8.91. The number of carboxylic acid groups (broad SMARTS) is 1.